The maximum absolute atomic E-state index is 11.7. The van der Waals surface area contributed by atoms with Crippen LogP contribution in [0, 0.1) is 0 Å². The molecular weight excluding hydrogens is 258 g/mol. The molecule has 0 radical (unpaired) electrons. The fraction of sp³-hybridized carbons (Fsp3) is 0.857. The van der Waals surface area contributed by atoms with Crippen molar-refractivity contribution in [2.24, 2.45) is 0 Å². The first-order valence-electron chi connectivity index (χ1n) is 7.28. The monoisotopic (exact) mass is 285 g/mol. The summed E-state index contributed by atoms with van der Waals surface area (Å²) < 4.78 is 5.24. The maximum atomic E-state index is 11.7. The minimum atomic E-state index is -0.469. The molecule has 0 aliphatic carbocycles. The molecule has 2 N–H and O–H groups in total. The molecule has 0 unspecified atom stereocenters. The standard InChI is InChI=1S/C14H27N3O3/c1-5-15-12(18)10-17-8-6-11(7-9-17)16-13(19)20-14(2,3)4/h11H,5-10H2,1-4H3,(H,15,18)(H,16,19). The molecule has 1 fully saturated rings. The number of likely N-dealkylation sites (N-methyl/N-ethyl adjacent to an activating group) is 1. The van der Waals surface area contributed by atoms with E-state index in [1.165, 1.54) is 0 Å². The number of piperidine rings is 1. The third-order valence-corrected chi connectivity index (χ3v) is 3.05. The van der Waals surface area contributed by atoms with Gasteiger partial charge >= 0.3 is 6.09 Å². The van der Waals surface area contributed by atoms with Gasteiger partial charge in [-0.2, -0.15) is 0 Å². The number of ether oxygens (including phenoxy) is 1. The Kier molecular flexibility index (Phi) is 6.26. The van der Waals surface area contributed by atoms with Gasteiger partial charge in [-0.3, -0.25) is 9.69 Å². The van der Waals surface area contributed by atoms with Gasteiger partial charge in [0.1, 0.15) is 5.60 Å². The molecule has 0 aromatic rings. The van der Waals surface area contributed by atoms with Crippen LogP contribution in [0.4, 0.5) is 4.79 Å². The molecule has 1 aliphatic rings. The van der Waals surface area contributed by atoms with Crippen molar-refractivity contribution in [3.63, 3.8) is 0 Å². The second-order valence-electron chi connectivity index (χ2n) is 6.15. The highest BCUT2D eigenvalue weighted by Crippen LogP contribution is 2.12. The molecule has 0 saturated carbocycles. The summed E-state index contributed by atoms with van der Waals surface area (Å²) in [5.74, 6) is 0.0612. The number of hydrogen-bond acceptors (Lipinski definition) is 4. The molecule has 0 atom stereocenters. The van der Waals surface area contributed by atoms with Crippen LogP contribution < -0.4 is 10.6 Å². The van der Waals surface area contributed by atoms with Gasteiger partial charge in [0, 0.05) is 25.7 Å². The van der Waals surface area contributed by atoms with Crippen molar-refractivity contribution in [3.05, 3.63) is 0 Å². The van der Waals surface area contributed by atoms with E-state index in [4.69, 9.17) is 4.74 Å². The van der Waals surface area contributed by atoms with E-state index in [1.807, 2.05) is 27.7 Å². The van der Waals surface area contributed by atoms with E-state index < -0.39 is 5.60 Å². The van der Waals surface area contributed by atoms with Crippen molar-refractivity contribution in [2.75, 3.05) is 26.2 Å². The topological polar surface area (TPSA) is 70.7 Å². The van der Waals surface area contributed by atoms with Crippen molar-refractivity contribution in [2.45, 2.75) is 52.2 Å². The molecule has 1 rings (SSSR count). The number of hydrogen-bond donors (Lipinski definition) is 2. The third-order valence-electron chi connectivity index (χ3n) is 3.05. The van der Waals surface area contributed by atoms with E-state index in [2.05, 4.69) is 15.5 Å². The molecule has 0 spiro atoms. The zero-order chi connectivity index (χ0) is 15.2. The Morgan fingerprint density at radius 2 is 1.85 bits per heavy atom. The number of nitrogens with one attached hydrogen (secondary N) is 2. The Hall–Kier alpha value is -1.30. The second kappa shape index (κ2) is 7.47. The van der Waals surface area contributed by atoms with Gasteiger partial charge in [0.05, 0.1) is 6.54 Å². The number of likely N-dealkylation sites (tertiary alicyclic amines) is 1. The zero-order valence-corrected chi connectivity index (χ0v) is 13.0. The van der Waals surface area contributed by atoms with Crippen LogP contribution in [-0.2, 0) is 9.53 Å². The summed E-state index contributed by atoms with van der Waals surface area (Å²) in [6.45, 7) is 10.2. The Morgan fingerprint density at radius 1 is 1.25 bits per heavy atom. The summed E-state index contributed by atoms with van der Waals surface area (Å²) in [6.07, 6.45) is 1.33. The highest BCUT2D eigenvalue weighted by Gasteiger charge is 2.24. The van der Waals surface area contributed by atoms with Crippen LogP contribution in [0.3, 0.4) is 0 Å². The molecule has 1 saturated heterocycles. The number of carbonyl (C=O) groups is 2. The lowest BCUT2D eigenvalue weighted by molar-refractivity contribution is -0.122. The normalized spacial score (nSPS) is 17.6. The summed E-state index contributed by atoms with van der Waals surface area (Å²) in [5.41, 5.74) is -0.469. The lowest BCUT2D eigenvalue weighted by atomic mass is 10.1. The van der Waals surface area contributed by atoms with Crippen LogP contribution in [0.5, 0.6) is 0 Å². The van der Waals surface area contributed by atoms with Gasteiger partial charge in [-0.25, -0.2) is 4.79 Å². The highest BCUT2D eigenvalue weighted by molar-refractivity contribution is 5.77. The number of carbonyl (C=O) groups excluding carboxylic acids is 2. The molecule has 1 aliphatic heterocycles. The van der Waals surface area contributed by atoms with E-state index in [1.54, 1.807) is 0 Å². The van der Waals surface area contributed by atoms with E-state index in [9.17, 15) is 9.59 Å². The number of rotatable bonds is 4. The minimum absolute atomic E-state index is 0.0612. The highest BCUT2D eigenvalue weighted by atomic mass is 16.6. The van der Waals surface area contributed by atoms with Crippen LogP contribution in [0.1, 0.15) is 40.5 Å². The Morgan fingerprint density at radius 3 is 2.35 bits per heavy atom. The predicted octanol–water partition coefficient (Wildman–Crippen LogP) is 1.11. The average molecular weight is 285 g/mol. The summed E-state index contributed by atoms with van der Waals surface area (Å²) in [5, 5.41) is 5.68. The molecule has 20 heavy (non-hydrogen) atoms. The van der Waals surface area contributed by atoms with Crippen molar-refractivity contribution in [1.29, 1.82) is 0 Å². The second-order valence-corrected chi connectivity index (χ2v) is 6.15. The first-order chi connectivity index (χ1) is 9.30. The lowest BCUT2D eigenvalue weighted by Gasteiger charge is -2.32. The largest absolute Gasteiger partial charge is 0.444 e. The molecule has 6 nitrogen and oxygen atoms in total. The average Bonchev–Trinajstić information content (AvgIpc) is 2.29. The summed E-state index contributed by atoms with van der Waals surface area (Å²) in [4.78, 5) is 25.3. The van der Waals surface area contributed by atoms with Crippen LogP contribution >= 0.6 is 0 Å². The summed E-state index contributed by atoms with van der Waals surface area (Å²) in [7, 11) is 0. The molecule has 1 heterocycles. The van der Waals surface area contributed by atoms with Crippen molar-refractivity contribution >= 4 is 12.0 Å². The van der Waals surface area contributed by atoms with E-state index in [0.29, 0.717) is 13.1 Å². The summed E-state index contributed by atoms with van der Waals surface area (Å²) >= 11 is 0. The molecule has 6 heteroatoms. The number of nitrogens with zero attached hydrogens (tertiary/aromatic N) is 1. The van der Waals surface area contributed by atoms with Crippen LogP contribution in [0.25, 0.3) is 0 Å². The molecule has 0 aromatic heterocycles. The smallest absolute Gasteiger partial charge is 0.407 e. The third kappa shape index (κ3) is 6.75. The van der Waals surface area contributed by atoms with Gasteiger partial charge in [0.25, 0.3) is 0 Å². The van der Waals surface area contributed by atoms with Gasteiger partial charge in [-0.1, -0.05) is 0 Å². The Bertz CT molecular complexity index is 331. The lowest BCUT2D eigenvalue weighted by Crippen LogP contribution is -2.48. The van der Waals surface area contributed by atoms with Crippen LogP contribution in [0.2, 0.25) is 0 Å². The van der Waals surface area contributed by atoms with Crippen molar-refractivity contribution < 1.29 is 14.3 Å². The number of alkyl carbamates (subject to hydrolysis) is 1. The SMILES string of the molecule is CCNC(=O)CN1CCC(NC(=O)OC(C)(C)C)CC1. The zero-order valence-electron chi connectivity index (χ0n) is 13.0. The quantitative estimate of drug-likeness (QED) is 0.812. The van der Waals surface area contributed by atoms with Crippen LogP contribution in [-0.4, -0.2) is 54.7 Å². The number of amides is 2. The minimum Gasteiger partial charge on any atom is -0.444 e. The van der Waals surface area contributed by atoms with Crippen LogP contribution in [0.15, 0.2) is 0 Å². The van der Waals surface area contributed by atoms with E-state index in [-0.39, 0.29) is 18.0 Å². The van der Waals surface area contributed by atoms with Gasteiger partial charge in [-0.05, 0) is 40.5 Å². The molecule has 0 aromatic carbocycles. The predicted molar refractivity (Wildman–Crippen MR) is 77.5 cm³/mol. The first-order valence-corrected chi connectivity index (χ1v) is 7.28. The van der Waals surface area contributed by atoms with E-state index >= 15 is 0 Å². The summed E-state index contributed by atoms with van der Waals surface area (Å²) in [6, 6.07) is 0.135. The molecule has 2 amide bonds. The fourth-order valence-electron chi connectivity index (χ4n) is 2.17. The Balaban J connectivity index is 2.25. The molecule has 0 bridgehead atoms. The van der Waals surface area contributed by atoms with Gasteiger partial charge < -0.3 is 15.4 Å². The maximum Gasteiger partial charge on any atom is 0.407 e. The molecular formula is C14H27N3O3. The van der Waals surface area contributed by atoms with Crippen molar-refractivity contribution in [1.82, 2.24) is 15.5 Å². The van der Waals surface area contributed by atoms with Crippen molar-refractivity contribution in [3.8, 4) is 0 Å². The first kappa shape index (κ1) is 16.8. The Labute approximate surface area is 121 Å². The van der Waals surface area contributed by atoms with Gasteiger partial charge in [0.15, 0.2) is 0 Å². The molecule has 116 valence electrons. The van der Waals surface area contributed by atoms with E-state index in [0.717, 1.165) is 25.9 Å². The van der Waals surface area contributed by atoms with Gasteiger partial charge in [-0.15, -0.1) is 0 Å². The van der Waals surface area contributed by atoms with Gasteiger partial charge in [0.2, 0.25) is 5.91 Å². The fourth-order valence-corrected chi connectivity index (χ4v) is 2.17.